The second-order valence-corrected chi connectivity index (χ2v) is 5.79. The van der Waals surface area contributed by atoms with Crippen LogP contribution in [-0.4, -0.2) is 12.2 Å². The Bertz CT molecular complexity index is 242. The molecule has 2 saturated heterocycles. The van der Waals surface area contributed by atoms with Crippen LogP contribution in [0.1, 0.15) is 52.9 Å². The molecule has 1 saturated carbocycles. The maximum absolute atomic E-state index is 6.09. The van der Waals surface area contributed by atoms with Crippen LogP contribution in [0.4, 0.5) is 0 Å². The second kappa shape index (κ2) is 4.29. The normalized spacial score (nSPS) is 39.1. The lowest BCUT2D eigenvalue weighted by Crippen LogP contribution is -2.48. The van der Waals surface area contributed by atoms with E-state index in [1.54, 1.807) is 0 Å². The Morgan fingerprint density at radius 2 is 2.27 bits per heavy atom. The monoisotopic (exact) mass is 208 g/mol. The van der Waals surface area contributed by atoms with Crippen molar-refractivity contribution in [3.8, 4) is 0 Å². The fourth-order valence-corrected chi connectivity index (χ4v) is 3.17. The van der Waals surface area contributed by atoms with Gasteiger partial charge in [0.25, 0.3) is 0 Å². The minimum absolute atomic E-state index is 0.250. The SMILES string of the molecule is CC(C)=CCCC12CCC(CO1)C(C)C2. The summed E-state index contributed by atoms with van der Waals surface area (Å²) in [4.78, 5) is 0. The molecular weight excluding hydrogens is 184 g/mol. The van der Waals surface area contributed by atoms with E-state index in [0.29, 0.717) is 0 Å². The van der Waals surface area contributed by atoms with E-state index in [-0.39, 0.29) is 5.60 Å². The van der Waals surface area contributed by atoms with Crippen molar-refractivity contribution in [2.24, 2.45) is 11.8 Å². The van der Waals surface area contributed by atoms with Crippen LogP contribution in [0.15, 0.2) is 11.6 Å². The number of rotatable bonds is 3. The first-order valence-electron chi connectivity index (χ1n) is 6.39. The van der Waals surface area contributed by atoms with Crippen molar-refractivity contribution in [3.63, 3.8) is 0 Å². The molecular formula is C14H24O. The van der Waals surface area contributed by atoms with E-state index in [4.69, 9.17) is 4.74 Å². The number of hydrogen-bond acceptors (Lipinski definition) is 1. The first kappa shape index (κ1) is 11.2. The van der Waals surface area contributed by atoms with E-state index in [1.807, 2.05) is 0 Å². The third kappa shape index (κ3) is 2.44. The first-order valence-corrected chi connectivity index (χ1v) is 6.39. The maximum atomic E-state index is 6.09. The number of hydrogen-bond donors (Lipinski definition) is 0. The Balaban J connectivity index is 1.92. The molecule has 15 heavy (non-hydrogen) atoms. The van der Waals surface area contributed by atoms with Gasteiger partial charge in [-0.05, 0) is 57.8 Å². The summed E-state index contributed by atoms with van der Waals surface area (Å²) in [5, 5.41) is 0. The number of ether oxygens (including phenoxy) is 1. The molecule has 1 aliphatic carbocycles. The van der Waals surface area contributed by atoms with Gasteiger partial charge < -0.3 is 4.74 Å². The third-order valence-corrected chi connectivity index (χ3v) is 4.23. The van der Waals surface area contributed by atoms with E-state index in [2.05, 4.69) is 26.8 Å². The zero-order valence-corrected chi connectivity index (χ0v) is 10.4. The molecule has 2 bridgehead atoms. The summed E-state index contributed by atoms with van der Waals surface area (Å²) in [6.07, 6.45) is 8.78. The molecule has 2 heterocycles. The second-order valence-electron chi connectivity index (χ2n) is 5.79. The number of fused-ring (bicyclic) bond motifs is 3. The van der Waals surface area contributed by atoms with E-state index in [9.17, 15) is 0 Å². The van der Waals surface area contributed by atoms with Crippen LogP contribution in [0.5, 0.6) is 0 Å². The predicted molar refractivity (Wildman–Crippen MR) is 63.9 cm³/mol. The Morgan fingerprint density at radius 1 is 1.47 bits per heavy atom. The van der Waals surface area contributed by atoms with Crippen molar-refractivity contribution < 1.29 is 4.74 Å². The van der Waals surface area contributed by atoms with Crippen LogP contribution in [0, 0.1) is 11.8 Å². The first-order chi connectivity index (χ1) is 7.11. The van der Waals surface area contributed by atoms with Crippen molar-refractivity contribution in [1.29, 1.82) is 0 Å². The van der Waals surface area contributed by atoms with Gasteiger partial charge in [0, 0.05) is 0 Å². The highest BCUT2D eigenvalue weighted by Crippen LogP contribution is 2.46. The lowest BCUT2D eigenvalue weighted by atomic mass is 9.68. The van der Waals surface area contributed by atoms with Gasteiger partial charge >= 0.3 is 0 Å². The van der Waals surface area contributed by atoms with Gasteiger partial charge in [0.15, 0.2) is 0 Å². The average Bonchev–Trinajstić information content (AvgIpc) is 2.18. The van der Waals surface area contributed by atoms with Crippen LogP contribution in [0.3, 0.4) is 0 Å². The lowest BCUT2D eigenvalue weighted by molar-refractivity contribution is -0.167. The molecule has 3 rings (SSSR count). The zero-order chi connectivity index (χ0) is 10.9. The highest BCUT2D eigenvalue weighted by Gasteiger charge is 2.44. The van der Waals surface area contributed by atoms with Gasteiger partial charge in [0.2, 0.25) is 0 Å². The van der Waals surface area contributed by atoms with E-state index in [1.165, 1.54) is 37.7 Å². The van der Waals surface area contributed by atoms with Gasteiger partial charge in [0.1, 0.15) is 0 Å². The van der Waals surface area contributed by atoms with Gasteiger partial charge in [-0.15, -0.1) is 0 Å². The minimum atomic E-state index is 0.250. The standard InChI is InChI=1S/C14H24O/c1-11(2)5-4-7-14-8-6-13(10-15-14)12(3)9-14/h5,12-13H,4,6-10H2,1-3H3. The summed E-state index contributed by atoms with van der Waals surface area (Å²) in [7, 11) is 0. The van der Waals surface area contributed by atoms with Crippen molar-refractivity contribution in [2.75, 3.05) is 6.61 Å². The third-order valence-electron chi connectivity index (χ3n) is 4.23. The molecule has 1 heteroatoms. The fourth-order valence-electron chi connectivity index (χ4n) is 3.17. The Labute approximate surface area is 93.9 Å². The van der Waals surface area contributed by atoms with E-state index in [0.717, 1.165) is 18.4 Å². The summed E-state index contributed by atoms with van der Waals surface area (Å²) in [6, 6.07) is 0. The van der Waals surface area contributed by atoms with E-state index >= 15 is 0 Å². The van der Waals surface area contributed by atoms with Crippen LogP contribution in [0.2, 0.25) is 0 Å². The Hall–Kier alpha value is -0.300. The van der Waals surface area contributed by atoms with Gasteiger partial charge in [-0.2, -0.15) is 0 Å². The van der Waals surface area contributed by atoms with Crippen LogP contribution in [0.25, 0.3) is 0 Å². The Morgan fingerprint density at radius 3 is 2.80 bits per heavy atom. The van der Waals surface area contributed by atoms with Crippen LogP contribution < -0.4 is 0 Å². The van der Waals surface area contributed by atoms with Gasteiger partial charge in [-0.25, -0.2) is 0 Å². The molecule has 86 valence electrons. The molecule has 0 aromatic carbocycles. The van der Waals surface area contributed by atoms with Crippen molar-refractivity contribution >= 4 is 0 Å². The maximum Gasteiger partial charge on any atom is 0.0688 e. The fraction of sp³-hybridized carbons (Fsp3) is 0.857. The summed E-state index contributed by atoms with van der Waals surface area (Å²) in [6.45, 7) is 7.79. The summed E-state index contributed by atoms with van der Waals surface area (Å²) < 4.78 is 6.09. The molecule has 0 aromatic heterocycles. The van der Waals surface area contributed by atoms with Crippen molar-refractivity contribution in [2.45, 2.75) is 58.5 Å². The van der Waals surface area contributed by atoms with Crippen LogP contribution in [-0.2, 0) is 4.74 Å². The molecule has 3 aliphatic rings. The van der Waals surface area contributed by atoms with Crippen LogP contribution >= 0.6 is 0 Å². The van der Waals surface area contributed by atoms with Gasteiger partial charge in [0.05, 0.1) is 12.2 Å². The van der Waals surface area contributed by atoms with Gasteiger partial charge in [-0.1, -0.05) is 18.6 Å². The average molecular weight is 208 g/mol. The van der Waals surface area contributed by atoms with Gasteiger partial charge in [-0.3, -0.25) is 0 Å². The predicted octanol–water partition coefficient (Wildman–Crippen LogP) is 3.94. The summed E-state index contributed by atoms with van der Waals surface area (Å²) in [5.74, 6) is 1.74. The quantitative estimate of drug-likeness (QED) is 0.638. The molecule has 0 spiro atoms. The molecule has 2 aliphatic heterocycles. The number of allylic oxidation sites excluding steroid dienone is 2. The zero-order valence-electron chi connectivity index (χ0n) is 10.4. The molecule has 3 fully saturated rings. The molecule has 1 nitrogen and oxygen atoms in total. The lowest BCUT2D eigenvalue weighted by Gasteiger charge is -2.50. The molecule has 3 unspecified atom stereocenters. The van der Waals surface area contributed by atoms with Crippen molar-refractivity contribution in [1.82, 2.24) is 0 Å². The Kier molecular flexibility index (Phi) is 3.20. The topological polar surface area (TPSA) is 9.23 Å². The highest BCUT2D eigenvalue weighted by atomic mass is 16.5. The van der Waals surface area contributed by atoms with Crippen molar-refractivity contribution in [3.05, 3.63) is 11.6 Å². The molecule has 0 amide bonds. The minimum Gasteiger partial charge on any atom is -0.375 e. The smallest absolute Gasteiger partial charge is 0.0688 e. The highest BCUT2D eigenvalue weighted by molar-refractivity contribution is 4.99. The summed E-state index contributed by atoms with van der Waals surface area (Å²) >= 11 is 0. The largest absolute Gasteiger partial charge is 0.375 e. The molecule has 0 radical (unpaired) electrons. The molecule has 0 N–H and O–H groups in total. The molecule has 0 aromatic rings. The van der Waals surface area contributed by atoms with E-state index < -0.39 is 0 Å². The molecule has 3 atom stereocenters. The summed E-state index contributed by atoms with van der Waals surface area (Å²) in [5.41, 5.74) is 1.68.